The summed E-state index contributed by atoms with van der Waals surface area (Å²) in [5, 5.41) is 3.27. The molecule has 0 aromatic rings. The van der Waals surface area contributed by atoms with E-state index in [2.05, 4.69) is 12.2 Å². The lowest BCUT2D eigenvalue weighted by Gasteiger charge is -2.10. The zero-order chi connectivity index (χ0) is 5.98. The highest BCUT2D eigenvalue weighted by Crippen LogP contribution is 2.09. The van der Waals surface area contributed by atoms with E-state index in [4.69, 9.17) is 5.73 Å². The normalized spacial score (nSPS) is 33.0. The molecule has 0 aliphatic carbocycles. The van der Waals surface area contributed by atoms with Gasteiger partial charge in [0.2, 0.25) is 0 Å². The van der Waals surface area contributed by atoms with Crippen molar-refractivity contribution in [3.05, 3.63) is 0 Å². The van der Waals surface area contributed by atoms with Crippen LogP contribution in [0.1, 0.15) is 13.3 Å². The molecule has 0 amide bonds. The summed E-state index contributed by atoms with van der Waals surface area (Å²) in [6, 6.07) is 0.380. The molecule has 1 aliphatic heterocycles. The molecule has 8 heavy (non-hydrogen) atoms. The summed E-state index contributed by atoms with van der Waals surface area (Å²) in [4.78, 5) is 0. The fourth-order valence-corrected chi connectivity index (χ4v) is 1.13. The van der Waals surface area contributed by atoms with Gasteiger partial charge in [0.1, 0.15) is 0 Å². The van der Waals surface area contributed by atoms with E-state index >= 15 is 0 Å². The van der Waals surface area contributed by atoms with Crippen molar-refractivity contribution in [1.82, 2.24) is 5.32 Å². The maximum Gasteiger partial charge on any atom is 0.00513 e. The van der Waals surface area contributed by atoms with Crippen molar-refractivity contribution in [1.29, 1.82) is 0 Å². The molecule has 48 valence electrons. The molecule has 2 atom stereocenters. The fraction of sp³-hybridized carbons (Fsp3) is 1.00. The number of hydrogen-bond donors (Lipinski definition) is 2. The van der Waals surface area contributed by atoms with Crippen molar-refractivity contribution < 1.29 is 0 Å². The average molecular weight is 114 g/mol. The van der Waals surface area contributed by atoms with Crippen molar-refractivity contribution in [3.8, 4) is 0 Å². The minimum Gasteiger partial charge on any atom is -0.328 e. The van der Waals surface area contributed by atoms with Crippen LogP contribution in [0.5, 0.6) is 0 Å². The summed E-state index contributed by atoms with van der Waals surface area (Å²) in [5.41, 5.74) is 5.66. The molecule has 0 aromatic carbocycles. The highest BCUT2D eigenvalue weighted by Gasteiger charge is 2.17. The quantitative estimate of drug-likeness (QED) is 0.501. The van der Waals surface area contributed by atoms with Crippen LogP contribution in [0.15, 0.2) is 0 Å². The summed E-state index contributed by atoms with van der Waals surface area (Å²) in [5.74, 6) is 0.731. The predicted octanol–water partition coefficient (Wildman–Crippen LogP) is -0.0569. The smallest absolute Gasteiger partial charge is 0.00513 e. The topological polar surface area (TPSA) is 38.0 Å². The van der Waals surface area contributed by atoms with E-state index < -0.39 is 0 Å². The standard InChI is InChI=1S/C6H14N2/c1-5(7)6-2-3-8-4-6/h5-6,8H,2-4,7H2,1H3/t5-,6-/m0/s1. The average Bonchev–Trinajstić information content (AvgIpc) is 2.12. The second-order valence-corrected chi connectivity index (χ2v) is 2.61. The number of nitrogens with two attached hydrogens (primary N) is 1. The third-order valence-corrected chi connectivity index (χ3v) is 1.84. The van der Waals surface area contributed by atoms with Crippen LogP contribution in [0.2, 0.25) is 0 Å². The molecule has 1 saturated heterocycles. The van der Waals surface area contributed by atoms with Gasteiger partial charge in [0.25, 0.3) is 0 Å². The van der Waals surface area contributed by atoms with Crippen LogP contribution in [0.4, 0.5) is 0 Å². The van der Waals surface area contributed by atoms with Gasteiger partial charge in [-0.2, -0.15) is 0 Å². The molecular formula is C6H14N2. The van der Waals surface area contributed by atoms with Gasteiger partial charge in [-0.3, -0.25) is 0 Å². The Hall–Kier alpha value is -0.0800. The first kappa shape index (κ1) is 6.05. The van der Waals surface area contributed by atoms with E-state index in [1.807, 2.05) is 0 Å². The van der Waals surface area contributed by atoms with E-state index in [1.165, 1.54) is 6.42 Å². The number of nitrogens with one attached hydrogen (secondary N) is 1. The van der Waals surface area contributed by atoms with Gasteiger partial charge >= 0.3 is 0 Å². The lowest BCUT2D eigenvalue weighted by atomic mass is 10.0. The fourth-order valence-electron chi connectivity index (χ4n) is 1.13. The monoisotopic (exact) mass is 114 g/mol. The Labute approximate surface area is 50.4 Å². The Kier molecular flexibility index (Phi) is 1.86. The lowest BCUT2D eigenvalue weighted by Crippen LogP contribution is -2.27. The maximum atomic E-state index is 5.66. The first-order chi connectivity index (χ1) is 3.80. The summed E-state index contributed by atoms with van der Waals surface area (Å²) >= 11 is 0. The summed E-state index contributed by atoms with van der Waals surface area (Å²) in [6.45, 7) is 4.36. The molecule has 0 aromatic heterocycles. The van der Waals surface area contributed by atoms with Gasteiger partial charge in [-0.25, -0.2) is 0 Å². The van der Waals surface area contributed by atoms with Crippen LogP contribution in [0, 0.1) is 5.92 Å². The van der Waals surface area contributed by atoms with Gasteiger partial charge in [-0.15, -0.1) is 0 Å². The highest BCUT2D eigenvalue weighted by atomic mass is 14.9. The molecule has 1 aliphatic rings. The molecule has 0 saturated carbocycles. The van der Waals surface area contributed by atoms with E-state index in [1.54, 1.807) is 0 Å². The molecule has 1 heterocycles. The Balaban J connectivity index is 2.24. The minimum absolute atomic E-state index is 0.380. The van der Waals surface area contributed by atoms with Crippen LogP contribution in [0.3, 0.4) is 0 Å². The number of hydrogen-bond acceptors (Lipinski definition) is 2. The van der Waals surface area contributed by atoms with Crippen LogP contribution in [0.25, 0.3) is 0 Å². The molecule has 0 radical (unpaired) electrons. The Bertz CT molecular complexity index is 64.9. The van der Waals surface area contributed by atoms with Gasteiger partial charge in [0, 0.05) is 6.04 Å². The molecule has 0 unspecified atom stereocenters. The van der Waals surface area contributed by atoms with E-state index in [0.717, 1.165) is 19.0 Å². The van der Waals surface area contributed by atoms with Gasteiger partial charge in [-0.1, -0.05) is 0 Å². The van der Waals surface area contributed by atoms with Crippen molar-refractivity contribution in [2.24, 2.45) is 11.7 Å². The van der Waals surface area contributed by atoms with Crippen LogP contribution in [-0.4, -0.2) is 19.1 Å². The van der Waals surface area contributed by atoms with Crippen LogP contribution < -0.4 is 11.1 Å². The van der Waals surface area contributed by atoms with Gasteiger partial charge in [0.15, 0.2) is 0 Å². The van der Waals surface area contributed by atoms with Crippen molar-refractivity contribution in [3.63, 3.8) is 0 Å². The molecule has 0 bridgehead atoms. The SMILES string of the molecule is C[C@H](N)[C@H]1CCNC1. The van der Waals surface area contributed by atoms with Gasteiger partial charge in [-0.05, 0) is 32.4 Å². The summed E-state index contributed by atoms with van der Waals surface area (Å²) < 4.78 is 0. The van der Waals surface area contributed by atoms with Crippen molar-refractivity contribution in [2.45, 2.75) is 19.4 Å². The van der Waals surface area contributed by atoms with Crippen LogP contribution in [-0.2, 0) is 0 Å². The van der Waals surface area contributed by atoms with Gasteiger partial charge in [0.05, 0.1) is 0 Å². The predicted molar refractivity (Wildman–Crippen MR) is 34.6 cm³/mol. The Morgan fingerprint density at radius 2 is 2.50 bits per heavy atom. The molecular weight excluding hydrogens is 100 g/mol. The van der Waals surface area contributed by atoms with E-state index in [9.17, 15) is 0 Å². The second kappa shape index (κ2) is 2.46. The maximum absolute atomic E-state index is 5.66. The van der Waals surface area contributed by atoms with Crippen molar-refractivity contribution in [2.75, 3.05) is 13.1 Å². The summed E-state index contributed by atoms with van der Waals surface area (Å²) in [6.07, 6.45) is 1.26. The zero-order valence-corrected chi connectivity index (χ0v) is 5.35. The minimum atomic E-state index is 0.380. The highest BCUT2D eigenvalue weighted by molar-refractivity contribution is 4.77. The van der Waals surface area contributed by atoms with E-state index in [-0.39, 0.29) is 0 Å². The first-order valence-electron chi connectivity index (χ1n) is 3.27. The lowest BCUT2D eigenvalue weighted by molar-refractivity contribution is 0.484. The zero-order valence-electron chi connectivity index (χ0n) is 5.35. The largest absolute Gasteiger partial charge is 0.328 e. The molecule has 0 spiro atoms. The van der Waals surface area contributed by atoms with Crippen LogP contribution >= 0.6 is 0 Å². The Morgan fingerprint density at radius 1 is 1.75 bits per heavy atom. The molecule has 1 rings (SSSR count). The molecule has 3 N–H and O–H groups in total. The Morgan fingerprint density at radius 3 is 2.75 bits per heavy atom. The molecule has 2 nitrogen and oxygen atoms in total. The molecule has 2 heteroatoms. The van der Waals surface area contributed by atoms with Crippen molar-refractivity contribution >= 4 is 0 Å². The molecule has 1 fully saturated rings. The summed E-state index contributed by atoms with van der Waals surface area (Å²) in [7, 11) is 0. The third kappa shape index (κ3) is 1.20. The second-order valence-electron chi connectivity index (χ2n) is 2.61. The van der Waals surface area contributed by atoms with E-state index in [0.29, 0.717) is 6.04 Å². The first-order valence-corrected chi connectivity index (χ1v) is 3.27. The van der Waals surface area contributed by atoms with Gasteiger partial charge < -0.3 is 11.1 Å². The third-order valence-electron chi connectivity index (χ3n) is 1.84. The number of rotatable bonds is 1.